The molecule has 0 fully saturated rings. The van der Waals surface area contributed by atoms with Crippen molar-refractivity contribution in [1.29, 1.82) is 0 Å². The molecule has 0 aliphatic carbocycles. The Morgan fingerprint density at radius 1 is 1.23 bits per heavy atom. The molecule has 0 radical (unpaired) electrons. The van der Waals surface area contributed by atoms with Gasteiger partial charge in [0.25, 0.3) is 18.5 Å². The maximum atomic E-state index is 13.5. The highest BCUT2D eigenvalue weighted by Gasteiger charge is 2.56. The number of rotatable bonds is 4. The molecule has 26 heavy (non-hydrogen) atoms. The predicted octanol–water partition coefficient (Wildman–Crippen LogP) is 3.27. The molecule has 0 aromatic heterocycles. The van der Waals surface area contributed by atoms with Gasteiger partial charge in [0.15, 0.2) is 0 Å². The van der Waals surface area contributed by atoms with E-state index in [1.165, 1.54) is 18.2 Å². The molecular weight excluding hydrogens is 362 g/mol. The van der Waals surface area contributed by atoms with Gasteiger partial charge in [-0.2, -0.15) is 0 Å². The Balaban J connectivity index is 2.17. The predicted molar refractivity (Wildman–Crippen MR) is 83.1 cm³/mol. The topological polar surface area (TPSA) is 81.9 Å². The van der Waals surface area contributed by atoms with Crippen LogP contribution in [0.3, 0.4) is 0 Å². The number of allylic oxidation sites excluding steroid dienone is 2. The van der Waals surface area contributed by atoms with Gasteiger partial charge in [-0.05, 0) is 12.1 Å². The van der Waals surface area contributed by atoms with E-state index in [0.717, 1.165) is 23.1 Å². The molecule has 1 aromatic carbocycles. The van der Waals surface area contributed by atoms with Crippen molar-refractivity contribution in [2.45, 2.75) is 18.5 Å². The first-order chi connectivity index (χ1) is 12.3. The number of non-ortho nitro benzene ring substituents is 1. The summed E-state index contributed by atoms with van der Waals surface area (Å²) in [5.74, 6) is -0.588. The molecule has 2 aliphatic rings. The molecule has 1 aromatic rings. The average molecular weight is 374 g/mol. The number of nitrogens with zero attached hydrogens (tertiary/aromatic N) is 3. The van der Waals surface area contributed by atoms with Crippen LogP contribution in [0.15, 0.2) is 42.2 Å². The number of nitro groups is 1. The summed E-state index contributed by atoms with van der Waals surface area (Å²) in [7, 11) is 0. The number of hydrogen-bond donors (Lipinski definition) is 0. The molecule has 11 heteroatoms. The SMILES string of the molecule is O=[N+]([O-])c1ccc2c(c1)N(C1=CC=CCN1[O-])CC(C(F)F)(C(F)F)O2. The molecule has 2 aliphatic heterocycles. The van der Waals surface area contributed by atoms with Crippen molar-refractivity contribution in [3.8, 4) is 5.75 Å². The fraction of sp³-hybridized carbons (Fsp3) is 0.333. The van der Waals surface area contributed by atoms with Gasteiger partial charge in [-0.3, -0.25) is 10.1 Å². The first-order valence-electron chi connectivity index (χ1n) is 7.39. The van der Waals surface area contributed by atoms with Crippen LogP contribution in [0.5, 0.6) is 5.75 Å². The Kier molecular flexibility index (Phi) is 4.48. The standard InChI is InChI=1S/C15H12F4N3O4/c16-13(17)15(14(18)19)8-20(12-3-1-2-6-21(12)23)10-7-9(22(24)25)4-5-11(10)26-15/h1-5,7,13-14H,6,8H2/q-1. The minimum absolute atomic E-state index is 0.112. The van der Waals surface area contributed by atoms with Crippen LogP contribution in [0.2, 0.25) is 0 Å². The fourth-order valence-electron chi connectivity index (χ4n) is 2.72. The van der Waals surface area contributed by atoms with Crippen molar-refractivity contribution in [3.05, 3.63) is 57.6 Å². The summed E-state index contributed by atoms with van der Waals surface area (Å²) in [4.78, 5) is 11.2. The Morgan fingerprint density at radius 2 is 1.92 bits per heavy atom. The van der Waals surface area contributed by atoms with Crippen molar-refractivity contribution in [3.63, 3.8) is 0 Å². The van der Waals surface area contributed by atoms with Gasteiger partial charge in [0.2, 0.25) is 5.60 Å². The normalized spacial score (nSPS) is 18.7. The van der Waals surface area contributed by atoms with Crippen LogP contribution in [0, 0.1) is 15.3 Å². The van der Waals surface area contributed by atoms with Crippen LogP contribution in [0.25, 0.3) is 0 Å². The average Bonchev–Trinajstić information content (AvgIpc) is 2.60. The Hall–Kier alpha value is -2.82. The lowest BCUT2D eigenvalue weighted by Crippen LogP contribution is -2.61. The Bertz CT molecular complexity index is 776. The number of alkyl halides is 4. The second-order valence-corrected chi connectivity index (χ2v) is 5.67. The summed E-state index contributed by atoms with van der Waals surface area (Å²) in [6.45, 7) is -1.17. The van der Waals surface area contributed by atoms with Crippen LogP contribution in [-0.2, 0) is 0 Å². The zero-order valence-electron chi connectivity index (χ0n) is 13.0. The van der Waals surface area contributed by atoms with Crippen LogP contribution in [0.4, 0.5) is 28.9 Å². The Labute approximate surface area is 144 Å². The first-order valence-corrected chi connectivity index (χ1v) is 7.39. The van der Waals surface area contributed by atoms with Gasteiger partial charge in [0.1, 0.15) is 5.75 Å². The lowest BCUT2D eigenvalue weighted by molar-refractivity contribution is -0.384. The second kappa shape index (κ2) is 6.48. The van der Waals surface area contributed by atoms with Crippen molar-refractivity contribution in [1.82, 2.24) is 5.06 Å². The summed E-state index contributed by atoms with van der Waals surface area (Å²) in [5.41, 5.74) is -3.69. The minimum Gasteiger partial charge on any atom is -0.757 e. The third-order valence-electron chi connectivity index (χ3n) is 4.07. The lowest BCUT2D eigenvalue weighted by atomic mass is 10.0. The van der Waals surface area contributed by atoms with Gasteiger partial charge in [0.05, 0.1) is 23.0 Å². The Morgan fingerprint density at radius 3 is 2.50 bits per heavy atom. The monoisotopic (exact) mass is 374 g/mol. The molecule has 0 amide bonds. The number of ether oxygens (including phenoxy) is 1. The zero-order chi connectivity index (χ0) is 19.1. The highest BCUT2D eigenvalue weighted by molar-refractivity contribution is 5.68. The second-order valence-electron chi connectivity index (χ2n) is 5.67. The lowest BCUT2D eigenvalue weighted by Gasteiger charge is -2.48. The van der Waals surface area contributed by atoms with Gasteiger partial charge in [-0.1, -0.05) is 12.2 Å². The van der Waals surface area contributed by atoms with Crippen LogP contribution in [0.1, 0.15) is 0 Å². The van der Waals surface area contributed by atoms with Gasteiger partial charge in [-0.15, -0.1) is 0 Å². The van der Waals surface area contributed by atoms with E-state index in [9.17, 15) is 32.9 Å². The third kappa shape index (κ3) is 2.83. The first kappa shape index (κ1) is 18.0. The van der Waals surface area contributed by atoms with Crippen LogP contribution >= 0.6 is 0 Å². The van der Waals surface area contributed by atoms with E-state index in [2.05, 4.69) is 0 Å². The number of hydroxylamine groups is 2. The number of anilines is 1. The number of benzene rings is 1. The molecule has 140 valence electrons. The molecule has 3 rings (SSSR count). The highest BCUT2D eigenvalue weighted by Crippen LogP contribution is 2.45. The molecule has 0 spiro atoms. The smallest absolute Gasteiger partial charge is 0.285 e. The fourth-order valence-corrected chi connectivity index (χ4v) is 2.72. The molecule has 0 N–H and O–H groups in total. The van der Waals surface area contributed by atoms with Crippen LogP contribution < -0.4 is 9.64 Å². The van der Waals surface area contributed by atoms with Crippen LogP contribution in [-0.4, -0.2) is 41.5 Å². The summed E-state index contributed by atoms with van der Waals surface area (Å²) in [6, 6.07) is 2.91. The molecule has 0 bridgehead atoms. The number of nitro benzene ring substituents is 1. The minimum atomic E-state index is -3.56. The van der Waals surface area contributed by atoms with Gasteiger partial charge in [0, 0.05) is 18.7 Å². The summed E-state index contributed by atoms with van der Waals surface area (Å²) in [5, 5.41) is 23.5. The van der Waals surface area contributed by atoms with E-state index in [0.29, 0.717) is 5.06 Å². The molecule has 0 unspecified atom stereocenters. The van der Waals surface area contributed by atoms with Crippen molar-refractivity contribution >= 4 is 11.4 Å². The van der Waals surface area contributed by atoms with Gasteiger partial charge >= 0.3 is 0 Å². The molecule has 0 saturated carbocycles. The number of fused-ring (bicyclic) bond motifs is 1. The maximum Gasteiger partial charge on any atom is 0.285 e. The zero-order valence-corrected chi connectivity index (χ0v) is 13.0. The van der Waals surface area contributed by atoms with E-state index < -0.39 is 41.4 Å². The quantitative estimate of drug-likeness (QED) is 0.457. The molecular formula is C15H12F4N3O4-. The number of hydrogen-bond acceptors (Lipinski definition) is 6. The third-order valence-corrected chi connectivity index (χ3v) is 4.07. The van der Waals surface area contributed by atoms with E-state index in [-0.39, 0.29) is 18.1 Å². The van der Waals surface area contributed by atoms with E-state index >= 15 is 0 Å². The van der Waals surface area contributed by atoms with Gasteiger partial charge < -0.3 is 19.9 Å². The highest BCUT2D eigenvalue weighted by atomic mass is 19.3. The summed E-state index contributed by atoms with van der Waals surface area (Å²) in [6.07, 6.45) is -2.92. The molecule has 0 saturated heterocycles. The largest absolute Gasteiger partial charge is 0.757 e. The number of halogens is 4. The van der Waals surface area contributed by atoms with E-state index in [1.807, 2.05) is 0 Å². The summed E-state index contributed by atoms with van der Waals surface area (Å²) < 4.78 is 58.9. The maximum absolute atomic E-state index is 13.5. The van der Waals surface area contributed by atoms with Crippen molar-refractivity contribution in [2.24, 2.45) is 0 Å². The van der Waals surface area contributed by atoms with E-state index in [4.69, 9.17) is 4.74 Å². The molecule has 0 atom stereocenters. The summed E-state index contributed by atoms with van der Waals surface area (Å²) >= 11 is 0. The van der Waals surface area contributed by atoms with E-state index in [1.54, 1.807) is 0 Å². The van der Waals surface area contributed by atoms with Gasteiger partial charge in [-0.25, -0.2) is 17.6 Å². The molecule has 7 nitrogen and oxygen atoms in total. The van der Waals surface area contributed by atoms with Crippen molar-refractivity contribution in [2.75, 3.05) is 18.0 Å². The molecule has 2 heterocycles. The van der Waals surface area contributed by atoms with Crippen molar-refractivity contribution < 1.29 is 27.2 Å².